The van der Waals surface area contributed by atoms with Gasteiger partial charge >= 0.3 is 25.7 Å². The number of carbonyl (C=O) groups is 3. The second-order valence-corrected chi connectivity index (χ2v) is 20.5. The van der Waals surface area contributed by atoms with Crippen molar-refractivity contribution >= 4 is 25.7 Å². The molecular formula is C62H105O11P. The molecule has 0 aromatic carbocycles. The van der Waals surface area contributed by atoms with Crippen molar-refractivity contribution in [2.45, 2.75) is 251 Å². The van der Waals surface area contributed by atoms with Crippen molar-refractivity contribution in [1.82, 2.24) is 0 Å². The van der Waals surface area contributed by atoms with Crippen molar-refractivity contribution in [2.24, 2.45) is 0 Å². The average Bonchev–Trinajstić information content (AvgIpc) is 3.39. The van der Waals surface area contributed by atoms with Gasteiger partial charge in [-0.25, -0.2) is 4.57 Å². The van der Waals surface area contributed by atoms with Crippen molar-refractivity contribution < 1.29 is 52.2 Å². The Balaban J connectivity index is 4.83. The fourth-order valence-corrected chi connectivity index (χ4v) is 8.43. The van der Waals surface area contributed by atoms with Gasteiger partial charge in [-0.3, -0.25) is 23.4 Å². The summed E-state index contributed by atoms with van der Waals surface area (Å²) in [6.07, 6.45) is 65.1. The van der Waals surface area contributed by atoms with Crippen LogP contribution in [0.3, 0.4) is 0 Å². The first-order valence-corrected chi connectivity index (χ1v) is 30.6. The molecular weight excluding hydrogens is 952 g/mol. The van der Waals surface area contributed by atoms with Crippen LogP contribution in [0, 0.1) is 0 Å². The highest BCUT2D eigenvalue weighted by molar-refractivity contribution is 7.47. The van der Waals surface area contributed by atoms with Crippen LogP contribution in [0.1, 0.15) is 239 Å². The van der Waals surface area contributed by atoms with Crippen molar-refractivity contribution in [2.75, 3.05) is 26.4 Å². The van der Waals surface area contributed by atoms with Gasteiger partial charge in [-0.2, -0.15) is 0 Å². The number of aliphatic hydroxyl groups excluding tert-OH is 1. The molecule has 0 rings (SSSR count). The molecule has 0 saturated carbocycles. The number of carbonyl (C=O) groups excluding carboxylic acids is 3. The SMILES string of the molecule is CC/C=C\C/C=C\C/C=C\C/C=C\C/C=C\CCCC(=O)OC(COC(=O)CCCCCCCCC/C=C\C/C=C\C/C=C\CC)COP(=O)(O)OCC(CO)OC(=O)CCCCCCCCCCCCCCC. The van der Waals surface area contributed by atoms with Crippen LogP contribution in [0.2, 0.25) is 0 Å². The molecule has 0 amide bonds. The van der Waals surface area contributed by atoms with Gasteiger partial charge in [-0.05, 0) is 89.9 Å². The van der Waals surface area contributed by atoms with E-state index in [9.17, 15) is 28.9 Å². The lowest BCUT2D eigenvalue weighted by Crippen LogP contribution is -2.30. The summed E-state index contributed by atoms with van der Waals surface area (Å²) in [5.41, 5.74) is 0. The second kappa shape index (κ2) is 55.6. The highest BCUT2D eigenvalue weighted by Gasteiger charge is 2.28. The molecule has 11 nitrogen and oxygen atoms in total. The third-order valence-corrected chi connectivity index (χ3v) is 13.0. The lowest BCUT2D eigenvalue weighted by Gasteiger charge is -2.21. The Bertz CT molecular complexity index is 1610. The predicted octanol–water partition coefficient (Wildman–Crippen LogP) is 17.3. The van der Waals surface area contributed by atoms with Gasteiger partial charge in [0.2, 0.25) is 0 Å². The highest BCUT2D eigenvalue weighted by Crippen LogP contribution is 2.43. The van der Waals surface area contributed by atoms with Crippen LogP contribution in [0.5, 0.6) is 0 Å². The summed E-state index contributed by atoms with van der Waals surface area (Å²) >= 11 is 0. The summed E-state index contributed by atoms with van der Waals surface area (Å²) in [6.45, 7) is 4.35. The zero-order valence-corrected chi connectivity index (χ0v) is 47.7. The molecule has 0 heterocycles. The van der Waals surface area contributed by atoms with Gasteiger partial charge in [0.15, 0.2) is 6.10 Å². The normalized spacial score (nSPS) is 14.1. The molecule has 0 aliphatic rings. The zero-order chi connectivity index (χ0) is 54.1. The van der Waals surface area contributed by atoms with E-state index in [0.717, 1.165) is 103 Å². The number of unbranched alkanes of at least 4 members (excludes halogenated alkanes) is 20. The lowest BCUT2D eigenvalue weighted by molar-refractivity contribution is -0.161. The van der Waals surface area contributed by atoms with Gasteiger partial charge in [0.1, 0.15) is 12.7 Å². The maximum atomic E-state index is 12.9. The number of phosphoric acid groups is 1. The maximum absolute atomic E-state index is 12.9. The smallest absolute Gasteiger partial charge is 0.462 e. The first-order valence-electron chi connectivity index (χ1n) is 29.1. The Hall–Kier alpha value is -3.60. The molecule has 0 aliphatic carbocycles. The molecule has 2 N–H and O–H groups in total. The lowest BCUT2D eigenvalue weighted by atomic mass is 10.0. The van der Waals surface area contributed by atoms with Gasteiger partial charge < -0.3 is 24.2 Å². The molecule has 0 saturated heterocycles. The molecule has 12 heteroatoms. The Morgan fingerprint density at radius 2 is 0.716 bits per heavy atom. The number of ether oxygens (including phenoxy) is 3. The maximum Gasteiger partial charge on any atom is 0.472 e. The molecule has 0 aromatic rings. The van der Waals surface area contributed by atoms with Crippen LogP contribution in [-0.4, -0.2) is 66.5 Å². The van der Waals surface area contributed by atoms with Crippen molar-refractivity contribution in [3.05, 3.63) is 97.2 Å². The van der Waals surface area contributed by atoms with Crippen LogP contribution in [0.25, 0.3) is 0 Å². The second-order valence-electron chi connectivity index (χ2n) is 19.0. The van der Waals surface area contributed by atoms with Gasteiger partial charge in [0.25, 0.3) is 0 Å². The summed E-state index contributed by atoms with van der Waals surface area (Å²) in [6, 6.07) is 0. The number of hydrogen-bond acceptors (Lipinski definition) is 10. The Morgan fingerprint density at radius 3 is 1.14 bits per heavy atom. The fraction of sp³-hybridized carbons (Fsp3) is 0.694. The molecule has 3 unspecified atom stereocenters. The van der Waals surface area contributed by atoms with E-state index in [1.54, 1.807) is 0 Å². The van der Waals surface area contributed by atoms with Gasteiger partial charge in [-0.15, -0.1) is 0 Å². The summed E-state index contributed by atoms with van der Waals surface area (Å²) < 4.78 is 39.5. The summed E-state index contributed by atoms with van der Waals surface area (Å²) in [5.74, 6) is -1.55. The van der Waals surface area contributed by atoms with E-state index < -0.39 is 57.8 Å². The van der Waals surface area contributed by atoms with E-state index >= 15 is 0 Å². The molecule has 0 bridgehead atoms. The molecule has 0 fully saturated rings. The number of allylic oxidation sites excluding steroid dienone is 16. The van der Waals surface area contributed by atoms with E-state index in [1.807, 2.05) is 12.2 Å². The first-order chi connectivity index (χ1) is 36.2. The number of aliphatic hydroxyl groups is 1. The third kappa shape index (κ3) is 53.2. The van der Waals surface area contributed by atoms with E-state index in [2.05, 4.69) is 106 Å². The Labute approximate surface area is 451 Å². The number of rotatable bonds is 53. The minimum Gasteiger partial charge on any atom is -0.462 e. The largest absolute Gasteiger partial charge is 0.472 e. The average molecular weight is 1060 g/mol. The van der Waals surface area contributed by atoms with E-state index in [1.165, 1.54) is 70.6 Å². The molecule has 0 aliphatic heterocycles. The van der Waals surface area contributed by atoms with Gasteiger partial charge in [0, 0.05) is 19.3 Å². The van der Waals surface area contributed by atoms with Crippen LogP contribution < -0.4 is 0 Å². The van der Waals surface area contributed by atoms with E-state index in [0.29, 0.717) is 25.7 Å². The summed E-state index contributed by atoms with van der Waals surface area (Å²) in [5, 5.41) is 9.81. The van der Waals surface area contributed by atoms with Crippen molar-refractivity contribution in [1.29, 1.82) is 0 Å². The Kier molecular flexibility index (Phi) is 52.9. The summed E-state index contributed by atoms with van der Waals surface area (Å²) in [4.78, 5) is 48.5. The van der Waals surface area contributed by atoms with Crippen LogP contribution in [-0.2, 0) is 42.2 Å². The Morgan fingerprint density at radius 1 is 0.392 bits per heavy atom. The first kappa shape index (κ1) is 70.4. The van der Waals surface area contributed by atoms with Crippen LogP contribution in [0.15, 0.2) is 97.2 Å². The molecule has 0 spiro atoms. The third-order valence-electron chi connectivity index (χ3n) is 12.0. The van der Waals surface area contributed by atoms with Crippen molar-refractivity contribution in [3.63, 3.8) is 0 Å². The number of hydrogen-bond donors (Lipinski definition) is 2. The van der Waals surface area contributed by atoms with Gasteiger partial charge in [-0.1, -0.05) is 227 Å². The molecule has 0 radical (unpaired) electrons. The van der Waals surface area contributed by atoms with Crippen LogP contribution in [0.4, 0.5) is 0 Å². The quantitative estimate of drug-likeness (QED) is 0.0197. The van der Waals surface area contributed by atoms with Crippen LogP contribution >= 0.6 is 7.82 Å². The highest BCUT2D eigenvalue weighted by atomic mass is 31.2. The zero-order valence-electron chi connectivity index (χ0n) is 46.8. The number of esters is 3. The standard InChI is InChI=1S/C62H105O11P/c1-4-7-10-13-16-19-22-25-27-29-31-34-36-39-42-45-48-51-60(64)69-55-59(73-62(66)53-50-47-44-41-38-35-32-30-28-26-23-20-17-14-11-8-5-2)57-71-74(67,68)70-56-58(54-63)72-61(65)52-49-46-43-40-37-33-24-21-18-15-12-9-6-3/h7-8,10-11,16-17,19-20,25-28,32,35,41,44,58-59,63H,4-6,9,12-15,18,21-24,29-31,33-34,36-40,42-43,45-57H2,1-3H3,(H,67,68)/b10-7-,11-8-,19-16-,20-17-,27-25-,28-26-,35-32-,44-41-. The van der Waals surface area contributed by atoms with E-state index in [4.69, 9.17) is 23.3 Å². The molecule has 3 atom stereocenters. The summed E-state index contributed by atoms with van der Waals surface area (Å²) in [7, 11) is -4.77. The molecule has 0 aromatic heterocycles. The monoisotopic (exact) mass is 1060 g/mol. The molecule has 424 valence electrons. The predicted molar refractivity (Wildman–Crippen MR) is 307 cm³/mol. The van der Waals surface area contributed by atoms with E-state index in [-0.39, 0.29) is 25.9 Å². The molecule has 74 heavy (non-hydrogen) atoms. The topological polar surface area (TPSA) is 155 Å². The minimum absolute atomic E-state index is 0.0840. The fourth-order valence-electron chi connectivity index (χ4n) is 7.64. The van der Waals surface area contributed by atoms with Gasteiger partial charge in [0.05, 0.1) is 19.8 Å². The number of phosphoric ester groups is 1. The minimum atomic E-state index is -4.77. The van der Waals surface area contributed by atoms with Crippen molar-refractivity contribution in [3.8, 4) is 0 Å².